The summed E-state index contributed by atoms with van der Waals surface area (Å²) in [7, 11) is -2.23. The number of sulfonamides is 1. The fourth-order valence-corrected chi connectivity index (χ4v) is 3.75. The number of rotatable bonds is 8. The van der Waals surface area contributed by atoms with E-state index >= 15 is 0 Å². The minimum Gasteiger partial charge on any atom is -0.351 e. The summed E-state index contributed by atoms with van der Waals surface area (Å²) in [5.41, 5.74) is 1.49. The van der Waals surface area contributed by atoms with Gasteiger partial charge in [-0.1, -0.05) is 29.8 Å². The Bertz CT molecular complexity index is 824. The number of benzene rings is 2. The lowest BCUT2D eigenvalue weighted by Crippen LogP contribution is -2.26. The maximum atomic E-state index is 12.1. The first kappa shape index (κ1) is 19.8. The normalized spacial score (nSPS) is 11.3. The molecule has 8 heteroatoms. The predicted octanol–water partition coefficient (Wildman–Crippen LogP) is 2.91. The monoisotopic (exact) mass is 398 g/mol. The molecule has 134 valence electrons. The molecule has 0 spiro atoms. The number of carbonyl (C=O) groups is 1. The van der Waals surface area contributed by atoms with Crippen molar-refractivity contribution in [2.45, 2.75) is 10.6 Å². The van der Waals surface area contributed by atoms with Gasteiger partial charge in [-0.25, -0.2) is 13.1 Å². The van der Waals surface area contributed by atoms with Crippen molar-refractivity contribution in [2.24, 2.45) is 0 Å². The number of nitrogens with one attached hydrogen (secondary N) is 2. The minimum absolute atomic E-state index is 0.0692. The van der Waals surface area contributed by atoms with E-state index in [4.69, 9.17) is 11.6 Å². The Balaban J connectivity index is 1.80. The Morgan fingerprint density at radius 2 is 1.88 bits per heavy atom. The molecule has 0 saturated carbocycles. The lowest BCUT2D eigenvalue weighted by atomic mass is 10.2. The van der Waals surface area contributed by atoms with Crippen LogP contribution in [0.15, 0.2) is 53.4 Å². The van der Waals surface area contributed by atoms with Crippen LogP contribution in [0.2, 0.25) is 5.02 Å². The molecule has 0 fully saturated rings. The molecule has 2 aromatic carbocycles. The largest absolute Gasteiger partial charge is 0.351 e. The van der Waals surface area contributed by atoms with Crippen LogP contribution < -0.4 is 10.0 Å². The van der Waals surface area contributed by atoms with E-state index in [1.807, 2.05) is 24.3 Å². The van der Waals surface area contributed by atoms with Crippen LogP contribution in [0.1, 0.15) is 15.9 Å². The summed E-state index contributed by atoms with van der Waals surface area (Å²) in [6.45, 7) is 0.500. The third kappa shape index (κ3) is 6.04. The van der Waals surface area contributed by atoms with Crippen molar-refractivity contribution in [1.82, 2.24) is 10.0 Å². The molecule has 0 radical (unpaired) electrons. The summed E-state index contributed by atoms with van der Waals surface area (Å²) in [6, 6.07) is 13.6. The van der Waals surface area contributed by atoms with Crippen molar-refractivity contribution < 1.29 is 13.2 Å². The highest BCUT2D eigenvalue weighted by molar-refractivity contribution is 7.98. The van der Waals surface area contributed by atoms with E-state index in [0.29, 0.717) is 17.1 Å². The quantitative estimate of drug-likeness (QED) is 0.670. The van der Waals surface area contributed by atoms with Gasteiger partial charge in [-0.3, -0.25) is 4.79 Å². The molecule has 0 heterocycles. The van der Waals surface area contributed by atoms with Gasteiger partial charge in [0.1, 0.15) is 0 Å². The molecule has 5 nitrogen and oxygen atoms in total. The van der Waals surface area contributed by atoms with Gasteiger partial charge in [0.25, 0.3) is 5.91 Å². The van der Waals surface area contributed by atoms with Gasteiger partial charge in [0.05, 0.1) is 4.90 Å². The average molecular weight is 399 g/mol. The van der Waals surface area contributed by atoms with Crippen LogP contribution >= 0.6 is 23.4 Å². The third-order valence-corrected chi connectivity index (χ3v) is 6.08. The summed E-state index contributed by atoms with van der Waals surface area (Å²) < 4.78 is 25.8. The van der Waals surface area contributed by atoms with Crippen molar-refractivity contribution in [3.8, 4) is 0 Å². The van der Waals surface area contributed by atoms with Gasteiger partial charge in [0.15, 0.2) is 0 Å². The zero-order valence-electron chi connectivity index (χ0n) is 13.7. The van der Waals surface area contributed by atoms with Crippen LogP contribution in [0.25, 0.3) is 0 Å². The van der Waals surface area contributed by atoms with Gasteiger partial charge in [0.2, 0.25) is 10.0 Å². The molecule has 25 heavy (non-hydrogen) atoms. The predicted molar refractivity (Wildman–Crippen MR) is 103 cm³/mol. The molecule has 0 unspecified atom stereocenters. The SMILES string of the molecule is CNS(=O)(=O)c1cccc(C(=O)NCCSCc2ccc(Cl)cc2)c1. The van der Waals surface area contributed by atoms with Crippen LogP contribution in [0.5, 0.6) is 0 Å². The van der Waals surface area contributed by atoms with E-state index in [9.17, 15) is 13.2 Å². The Kier molecular flexibility index (Phi) is 7.31. The van der Waals surface area contributed by atoms with Crippen LogP contribution in [-0.4, -0.2) is 33.7 Å². The van der Waals surface area contributed by atoms with Crippen molar-refractivity contribution in [1.29, 1.82) is 0 Å². The van der Waals surface area contributed by atoms with E-state index in [0.717, 1.165) is 11.5 Å². The molecular weight excluding hydrogens is 380 g/mol. The molecule has 0 atom stereocenters. The van der Waals surface area contributed by atoms with E-state index in [1.165, 1.54) is 24.7 Å². The highest BCUT2D eigenvalue weighted by atomic mass is 35.5. The van der Waals surface area contributed by atoms with Gasteiger partial charge in [-0.2, -0.15) is 11.8 Å². The number of halogens is 1. The fraction of sp³-hybridized carbons (Fsp3) is 0.235. The van der Waals surface area contributed by atoms with Crippen LogP contribution in [0.3, 0.4) is 0 Å². The first-order valence-electron chi connectivity index (χ1n) is 7.56. The minimum atomic E-state index is -3.56. The van der Waals surface area contributed by atoms with E-state index in [-0.39, 0.29) is 10.8 Å². The van der Waals surface area contributed by atoms with Gasteiger partial charge in [-0.05, 0) is 42.9 Å². The van der Waals surface area contributed by atoms with Crippen molar-refractivity contribution in [2.75, 3.05) is 19.3 Å². The van der Waals surface area contributed by atoms with Gasteiger partial charge >= 0.3 is 0 Å². The second kappa shape index (κ2) is 9.24. The zero-order chi connectivity index (χ0) is 18.3. The summed E-state index contributed by atoms with van der Waals surface area (Å²) in [6.07, 6.45) is 0. The summed E-state index contributed by atoms with van der Waals surface area (Å²) >= 11 is 7.54. The average Bonchev–Trinajstić information content (AvgIpc) is 2.63. The third-order valence-electron chi connectivity index (χ3n) is 3.39. The molecule has 1 amide bonds. The van der Waals surface area contributed by atoms with Crippen LogP contribution in [0.4, 0.5) is 0 Å². The zero-order valence-corrected chi connectivity index (χ0v) is 16.0. The Morgan fingerprint density at radius 1 is 1.16 bits per heavy atom. The van der Waals surface area contributed by atoms with Crippen molar-refractivity contribution in [3.05, 3.63) is 64.7 Å². The van der Waals surface area contributed by atoms with E-state index in [1.54, 1.807) is 23.9 Å². The van der Waals surface area contributed by atoms with Crippen LogP contribution in [-0.2, 0) is 15.8 Å². The molecule has 2 N–H and O–H groups in total. The second-order valence-electron chi connectivity index (χ2n) is 5.17. The first-order valence-corrected chi connectivity index (χ1v) is 10.6. The van der Waals surface area contributed by atoms with E-state index < -0.39 is 10.0 Å². The Hall–Kier alpha value is -1.54. The number of thioether (sulfide) groups is 1. The maximum Gasteiger partial charge on any atom is 0.251 e. The molecule has 2 aromatic rings. The maximum absolute atomic E-state index is 12.1. The van der Waals surface area contributed by atoms with Crippen LogP contribution in [0, 0.1) is 0 Å². The van der Waals surface area contributed by atoms with Gasteiger partial charge in [-0.15, -0.1) is 0 Å². The summed E-state index contributed by atoms with van der Waals surface area (Å²) in [5.74, 6) is 1.30. The molecule has 0 aromatic heterocycles. The van der Waals surface area contributed by atoms with E-state index in [2.05, 4.69) is 10.0 Å². The first-order chi connectivity index (χ1) is 11.9. The molecule has 0 saturated heterocycles. The lowest BCUT2D eigenvalue weighted by Gasteiger charge is -2.07. The molecule has 0 bridgehead atoms. The molecule has 0 aliphatic rings. The highest BCUT2D eigenvalue weighted by Crippen LogP contribution is 2.15. The highest BCUT2D eigenvalue weighted by Gasteiger charge is 2.13. The molecule has 2 rings (SSSR count). The molecule has 0 aliphatic heterocycles. The summed E-state index contributed by atoms with van der Waals surface area (Å²) in [4.78, 5) is 12.2. The fourth-order valence-electron chi connectivity index (χ4n) is 2.03. The Morgan fingerprint density at radius 3 is 2.56 bits per heavy atom. The number of carbonyl (C=O) groups excluding carboxylic acids is 1. The smallest absolute Gasteiger partial charge is 0.251 e. The number of hydrogen-bond donors (Lipinski definition) is 2. The molecule has 0 aliphatic carbocycles. The Labute approximate surface area is 157 Å². The van der Waals surface area contributed by atoms with Crippen molar-refractivity contribution >= 4 is 39.3 Å². The second-order valence-corrected chi connectivity index (χ2v) is 8.60. The molecular formula is C17H19ClN2O3S2. The van der Waals surface area contributed by atoms with Gasteiger partial charge in [0, 0.05) is 28.6 Å². The van der Waals surface area contributed by atoms with Crippen molar-refractivity contribution in [3.63, 3.8) is 0 Å². The summed E-state index contributed by atoms with van der Waals surface area (Å²) in [5, 5.41) is 3.51. The number of hydrogen-bond acceptors (Lipinski definition) is 4. The standard InChI is InChI=1S/C17H19ClN2O3S2/c1-19-25(22,23)16-4-2-3-14(11-16)17(21)20-9-10-24-12-13-5-7-15(18)8-6-13/h2-8,11,19H,9-10,12H2,1H3,(H,20,21). The topological polar surface area (TPSA) is 75.3 Å². The van der Waals surface area contributed by atoms with Gasteiger partial charge < -0.3 is 5.32 Å². The lowest BCUT2D eigenvalue weighted by molar-refractivity contribution is 0.0956. The number of amides is 1.